The van der Waals surface area contributed by atoms with Crippen molar-refractivity contribution in [1.29, 1.82) is 0 Å². The van der Waals surface area contributed by atoms with E-state index < -0.39 is 35.0 Å². The molecule has 1 aromatic carbocycles. The number of Topliss-reactive ketones (excluding diaryl/α,β-unsaturated/α-hetero) is 1. The van der Waals surface area contributed by atoms with Crippen molar-refractivity contribution in [2.45, 2.75) is 58.2 Å². The summed E-state index contributed by atoms with van der Waals surface area (Å²) in [7, 11) is 0. The first-order chi connectivity index (χ1) is 12.0. The zero-order valence-electron chi connectivity index (χ0n) is 15.8. The number of rotatable bonds is 5. The third-order valence-electron chi connectivity index (χ3n) is 4.23. The minimum Gasteiger partial charge on any atom is -0.479 e. The second kappa shape index (κ2) is 6.97. The number of alkyl carbamates (subject to hydrolysis) is 1. The van der Waals surface area contributed by atoms with Crippen LogP contribution < -0.4 is 10.6 Å². The Morgan fingerprint density at radius 3 is 2.35 bits per heavy atom. The van der Waals surface area contributed by atoms with Gasteiger partial charge in [0.15, 0.2) is 5.78 Å². The second-order valence-electron chi connectivity index (χ2n) is 7.90. The molecule has 7 heteroatoms. The topological polar surface area (TPSA) is 105 Å². The van der Waals surface area contributed by atoms with Crippen LogP contribution >= 0.6 is 0 Å². The molecule has 0 saturated carbocycles. The van der Waals surface area contributed by atoms with Gasteiger partial charge in [0.05, 0.1) is 6.04 Å². The van der Waals surface area contributed by atoms with Gasteiger partial charge in [-0.1, -0.05) is 32.0 Å². The molecule has 3 N–H and O–H groups in total. The summed E-state index contributed by atoms with van der Waals surface area (Å²) in [5.41, 5.74) is -1.17. The van der Waals surface area contributed by atoms with Crippen LogP contribution in [0, 0.1) is 5.92 Å². The molecule has 26 heavy (non-hydrogen) atoms. The van der Waals surface area contributed by atoms with Gasteiger partial charge in [-0.15, -0.1) is 0 Å². The lowest BCUT2D eigenvalue weighted by atomic mass is 9.83. The Kier molecular flexibility index (Phi) is 5.30. The maximum Gasteiger partial charge on any atom is 0.408 e. The Bertz CT molecular complexity index is 696. The lowest BCUT2D eigenvalue weighted by Crippen LogP contribution is -2.61. The number of hydrogen-bond acceptors (Lipinski definition) is 5. The van der Waals surface area contributed by atoms with Crippen LogP contribution in [0.3, 0.4) is 0 Å². The predicted octanol–water partition coefficient (Wildman–Crippen LogP) is 2.60. The van der Waals surface area contributed by atoms with Gasteiger partial charge in [-0.05, 0) is 38.3 Å². The molecule has 0 aromatic heterocycles. The number of amides is 1. The maximum absolute atomic E-state index is 13.2. The Hall–Kier alpha value is -2.57. The van der Waals surface area contributed by atoms with Gasteiger partial charge >= 0.3 is 12.1 Å². The quantitative estimate of drug-likeness (QED) is 0.696. The van der Waals surface area contributed by atoms with Gasteiger partial charge < -0.3 is 20.5 Å². The zero-order valence-corrected chi connectivity index (χ0v) is 15.8. The Labute approximate surface area is 153 Å². The first-order valence-corrected chi connectivity index (χ1v) is 8.59. The predicted molar refractivity (Wildman–Crippen MR) is 97.1 cm³/mol. The van der Waals surface area contributed by atoms with Gasteiger partial charge in [0.2, 0.25) is 5.54 Å². The molecule has 2 rings (SSSR count). The number of benzene rings is 1. The number of para-hydroxylation sites is 1. The van der Waals surface area contributed by atoms with Crippen molar-refractivity contribution in [3.05, 3.63) is 29.8 Å². The van der Waals surface area contributed by atoms with Gasteiger partial charge in [0.25, 0.3) is 0 Å². The molecule has 7 nitrogen and oxygen atoms in total. The minimum absolute atomic E-state index is 0.0244. The first kappa shape index (κ1) is 19.8. The van der Waals surface area contributed by atoms with Crippen molar-refractivity contribution in [2.24, 2.45) is 5.92 Å². The van der Waals surface area contributed by atoms with E-state index in [2.05, 4.69) is 10.6 Å². The number of ketones is 1. The number of carboxylic acids is 1. The van der Waals surface area contributed by atoms with Crippen molar-refractivity contribution in [3.63, 3.8) is 0 Å². The van der Waals surface area contributed by atoms with Crippen LogP contribution in [0.15, 0.2) is 24.3 Å². The van der Waals surface area contributed by atoms with Crippen LogP contribution in [0.4, 0.5) is 10.5 Å². The number of nitrogens with one attached hydrogen (secondary N) is 2. The molecule has 0 fully saturated rings. The normalized spacial score (nSPS) is 20.1. The molecule has 142 valence electrons. The number of hydrogen-bond donors (Lipinski definition) is 3. The van der Waals surface area contributed by atoms with Gasteiger partial charge in [0.1, 0.15) is 5.60 Å². The van der Waals surface area contributed by atoms with E-state index in [1.807, 2.05) is 0 Å². The monoisotopic (exact) mass is 362 g/mol. The summed E-state index contributed by atoms with van der Waals surface area (Å²) >= 11 is 0. The van der Waals surface area contributed by atoms with Crippen LogP contribution in [-0.4, -0.2) is 40.1 Å². The van der Waals surface area contributed by atoms with E-state index in [9.17, 15) is 19.5 Å². The van der Waals surface area contributed by atoms with Crippen molar-refractivity contribution >= 4 is 23.5 Å². The summed E-state index contributed by atoms with van der Waals surface area (Å²) in [5, 5.41) is 15.2. The van der Waals surface area contributed by atoms with Crippen LogP contribution in [0.25, 0.3) is 0 Å². The number of ether oxygens (including phenoxy) is 1. The molecule has 0 bridgehead atoms. The molecule has 1 aliphatic rings. The standard InChI is InChI=1S/C19H26N2O5/c1-11(2)14(20-17(25)26-18(3,4)5)15(22)19(16(23)24)10-12-8-6-7-9-13(12)21-19/h6-9,11,14,21H,10H2,1-5H3,(H,20,25)(H,23,24)/t14-,19+/m0/s1. The Balaban J connectivity index is 2.29. The van der Waals surface area contributed by atoms with E-state index in [4.69, 9.17) is 4.74 Å². The maximum atomic E-state index is 13.2. The van der Waals surface area contributed by atoms with Gasteiger partial charge in [-0.25, -0.2) is 9.59 Å². The lowest BCUT2D eigenvalue weighted by molar-refractivity contribution is -0.147. The Morgan fingerprint density at radius 2 is 1.85 bits per heavy atom. The molecule has 0 aliphatic carbocycles. The molecular formula is C19H26N2O5. The molecule has 2 atom stereocenters. The minimum atomic E-state index is -1.81. The summed E-state index contributed by atoms with van der Waals surface area (Å²) in [4.78, 5) is 37.4. The highest BCUT2D eigenvalue weighted by molar-refractivity contribution is 6.15. The highest BCUT2D eigenvalue weighted by Gasteiger charge is 2.53. The molecule has 1 heterocycles. The van der Waals surface area contributed by atoms with Crippen molar-refractivity contribution < 1.29 is 24.2 Å². The zero-order chi connectivity index (χ0) is 19.7. The van der Waals surface area contributed by atoms with Crippen LogP contribution in [0.1, 0.15) is 40.2 Å². The molecule has 0 radical (unpaired) electrons. The van der Waals surface area contributed by atoms with Crippen LogP contribution in [0.5, 0.6) is 0 Å². The number of carbonyl (C=O) groups excluding carboxylic acids is 2. The fraction of sp³-hybridized carbons (Fsp3) is 0.526. The fourth-order valence-corrected chi connectivity index (χ4v) is 2.97. The van der Waals surface area contributed by atoms with E-state index in [1.54, 1.807) is 58.9 Å². The first-order valence-electron chi connectivity index (χ1n) is 8.59. The summed E-state index contributed by atoms with van der Waals surface area (Å²) < 4.78 is 5.22. The third-order valence-corrected chi connectivity index (χ3v) is 4.23. The summed E-state index contributed by atoms with van der Waals surface area (Å²) in [6.45, 7) is 8.64. The molecule has 0 unspecified atom stereocenters. The fourth-order valence-electron chi connectivity index (χ4n) is 2.97. The number of anilines is 1. The van der Waals surface area contributed by atoms with Gasteiger partial charge in [-0.2, -0.15) is 0 Å². The largest absolute Gasteiger partial charge is 0.479 e. The highest BCUT2D eigenvalue weighted by Crippen LogP contribution is 2.34. The van der Waals surface area contributed by atoms with Gasteiger partial charge in [0, 0.05) is 12.1 Å². The molecule has 0 saturated heterocycles. The number of carboxylic acid groups (broad SMARTS) is 1. The smallest absolute Gasteiger partial charge is 0.408 e. The summed E-state index contributed by atoms with van der Waals surface area (Å²) in [6.07, 6.45) is -0.725. The van der Waals surface area contributed by atoms with E-state index in [1.165, 1.54) is 0 Å². The van der Waals surface area contributed by atoms with E-state index in [0.717, 1.165) is 5.56 Å². The van der Waals surface area contributed by atoms with E-state index in [-0.39, 0.29) is 12.3 Å². The SMILES string of the molecule is CC(C)[C@H](NC(=O)OC(C)(C)C)C(=O)[C@@]1(C(=O)O)Cc2ccccc2N1. The van der Waals surface area contributed by atoms with Gasteiger partial charge in [-0.3, -0.25) is 4.79 Å². The molecule has 1 aliphatic heterocycles. The number of fused-ring (bicyclic) bond motifs is 1. The highest BCUT2D eigenvalue weighted by atomic mass is 16.6. The van der Waals surface area contributed by atoms with Crippen molar-refractivity contribution in [1.82, 2.24) is 5.32 Å². The second-order valence-corrected chi connectivity index (χ2v) is 7.90. The lowest BCUT2D eigenvalue weighted by Gasteiger charge is -2.31. The van der Waals surface area contributed by atoms with E-state index in [0.29, 0.717) is 5.69 Å². The number of carbonyl (C=O) groups is 3. The van der Waals surface area contributed by atoms with Crippen molar-refractivity contribution in [2.75, 3.05) is 5.32 Å². The Morgan fingerprint density at radius 1 is 1.23 bits per heavy atom. The molecule has 1 aromatic rings. The average Bonchev–Trinajstić information content (AvgIpc) is 2.90. The summed E-state index contributed by atoms with van der Waals surface area (Å²) in [6, 6.07) is 6.09. The van der Waals surface area contributed by atoms with E-state index >= 15 is 0 Å². The average molecular weight is 362 g/mol. The molecular weight excluding hydrogens is 336 g/mol. The van der Waals surface area contributed by atoms with Crippen molar-refractivity contribution in [3.8, 4) is 0 Å². The van der Waals surface area contributed by atoms with Crippen LogP contribution in [-0.2, 0) is 20.7 Å². The van der Waals surface area contributed by atoms with Crippen LogP contribution in [0.2, 0.25) is 0 Å². The molecule has 0 spiro atoms. The summed E-state index contributed by atoms with van der Waals surface area (Å²) in [5.74, 6) is -2.17. The molecule has 1 amide bonds. The third kappa shape index (κ3) is 3.98. The number of aliphatic carboxylic acids is 1.